The molecule has 0 saturated carbocycles. The summed E-state index contributed by atoms with van der Waals surface area (Å²) in [6.07, 6.45) is 0.449. The van der Waals surface area contributed by atoms with Crippen LogP contribution in [0.25, 0.3) is 0 Å². The van der Waals surface area contributed by atoms with Crippen molar-refractivity contribution in [2.75, 3.05) is 20.2 Å². The summed E-state index contributed by atoms with van der Waals surface area (Å²) in [5.41, 5.74) is -0.921. The Bertz CT molecular complexity index is 366. The van der Waals surface area contributed by atoms with Crippen LogP contribution in [0.3, 0.4) is 0 Å². The minimum Gasteiger partial charge on any atom is -0.494 e. The molecule has 0 aromatic heterocycles. The Morgan fingerprint density at radius 1 is 1.47 bits per heavy atom. The van der Waals surface area contributed by atoms with E-state index in [1.807, 2.05) is 6.92 Å². The van der Waals surface area contributed by atoms with Crippen LogP contribution in [-0.2, 0) is 5.60 Å². The second-order valence-electron chi connectivity index (χ2n) is 4.20. The Labute approximate surface area is 102 Å². The second kappa shape index (κ2) is 5.98. The zero-order valence-electron chi connectivity index (χ0n) is 10.6. The SMILES string of the molecule is CCNCCC(C)(O)c1cccc(OC)c1F. The maximum Gasteiger partial charge on any atom is 0.171 e. The molecular formula is C13H20FNO2. The van der Waals surface area contributed by atoms with Crippen LogP contribution in [0.4, 0.5) is 4.39 Å². The van der Waals surface area contributed by atoms with Crippen LogP contribution in [-0.4, -0.2) is 25.3 Å². The van der Waals surface area contributed by atoms with E-state index in [4.69, 9.17) is 4.74 Å². The number of aliphatic hydroxyl groups is 1. The topological polar surface area (TPSA) is 41.5 Å². The van der Waals surface area contributed by atoms with Gasteiger partial charge in [-0.05, 0) is 32.5 Å². The Hall–Kier alpha value is -1.13. The van der Waals surface area contributed by atoms with Gasteiger partial charge in [-0.3, -0.25) is 0 Å². The molecule has 0 bridgehead atoms. The highest BCUT2D eigenvalue weighted by Crippen LogP contribution is 2.30. The van der Waals surface area contributed by atoms with Gasteiger partial charge in [-0.25, -0.2) is 4.39 Å². The van der Waals surface area contributed by atoms with Crippen LogP contribution < -0.4 is 10.1 Å². The Morgan fingerprint density at radius 2 is 2.18 bits per heavy atom. The van der Waals surface area contributed by atoms with Crippen molar-refractivity contribution in [3.8, 4) is 5.75 Å². The molecule has 0 saturated heterocycles. The standard InChI is InChI=1S/C13H20FNO2/c1-4-15-9-8-13(2,16)10-6-5-7-11(17-3)12(10)14/h5-7,15-16H,4,8-9H2,1-3H3. The number of nitrogens with one attached hydrogen (secondary N) is 1. The molecule has 1 aromatic carbocycles. The van der Waals surface area contributed by atoms with Crippen molar-refractivity contribution < 1.29 is 14.2 Å². The van der Waals surface area contributed by atoms with E-state index >= 15 is 0 Å². The van der Waals surface area contributed by atoms with Crippen molar-refractivity contribution in [1.82, 2.24) is 5.32 Å². The molecule has 0 radical (unpaired) electrons. The van der Waals surface area contributed by atoms with Gasteiger partial charge >= 0.3 is 0 Å². The van der Waals surface area contributed by atoms with Gasteiger partial charge in [0.1, 0.15) is 0 Å². The van der Waals surface area contributed by atoms with Gasteiger partial charge in [0.15, 0.2) is 11.6 Å². The Morgan fingerprint density at radius 3 is 2.76 bits per heavy atom. The minimum absolute atomic E-state index is 0.159. The van der Waals surface area contributed by atoms with Gasteiger partial charge in [-0.2, -0.15) is 0 Å². The molecule has 0 aliphatic rings. The van der Waals surface area contributed by atoms with Gasteiger partial charge in [0.2, 0.25) is 0 Å². The zero-order valence-corrected chi connectivity index (χ0v) is 10.6. The summed E-state index contributed by atoms with van der Waals surface area (Å²) in [4.78, 5) is 0. The largest absolute Gasteiger partial charge is 0.494 e. The summed E-state index contributed by atoms with van der Waals surface area (Å²) in [6, 6.07) is 4.81. The Kier molecular flexibility index (Phi) is 4.90. The summed E-state index contributed by atoms with van der Waals surface area (Å²) >= 11 is 0. The summed E-state index contributed by atoms with van der Waals surface area (Å²) in [5.74, 6) is -0.331. The van der Waals surface area contributed by atoms with E-state index < -0.39 is 11.4 Å². The highest BCUT2D eigenvalue weighted by molar-refractivity contribution is 5.34. The zero-order chi connectivity index (χ0) is 12.9. The van der Waals surface area contributed by atoms with E-state index in [2.05, 4.69) is 5.32 Å². The fourth-order valence-electron chi connectivity index (χ4n) is 1.73. The monoisotopic (exact) mass is 241 g/mol. The molecule has 2 N–H and O–H groups in total. The molecule has 0 aliphatic heterocycles. The molecule has 4 heteroatoms. The van der Waals surface area contributed by atoms with E-state index in [1.54, 1.807) is 25.1 Å². The van der Waals surface area contributed by atoms with E-state index in [1.165, 1.54) is 7.11 Å². The molecule has 0 heterocycles. The lowest BCUT2D eigenvalue weighted by molar-refractivity contribution is 0.0440. The van der Waals surface area contributed by atoms with Gasteiger partial charge in [0.25, 0.3) is 0 Å². The molecule has 1 unspecified atom stereocenters. The number of hydrogen-bond donors (Lipinski definition) is 2. The molecule has 17 heavy (non-hydrogen) atoms. The maximum absolute atomic E-state index is 14.0. The summed E-state index contributed by atoms with van der Waals surface area (Å²) in [5, 5.41) is 13.4. The number of methoxy groups -OCH3 is 1. The lowest BCUT2D eigenvalue weighted by Gasteiger charge is -2.25. The number of hydrogen-bond acceptors (Lipinski definition) is 3. The predicted molar refractivity (Wildman–Crippen MR) is 65.7 cm³/mol. The quantitative estimate of drug-likeness (QED) is 0.749. The predicted octanol–water partition coefficient (Wildman–Crippen LogP) is 2.04. The third-order valence-electron chi connectivity index (χ3n) is 2.80. The molecule has 3 nitrogen and oxygen atoms in total. The molecule has 96 valence electrons. The van der Waals surface area contributed by atoms with Crippen LogP contribution in [0, 0.1) is 5.82 Å². The normalized spacial score (nSPS) is 14.4. The molecular weight excluding hydrogens is 221 g/mol. The van der Waals surface area contributed by atoms with Crippen LogP contribution in [0.5, 0.6) is 5.75 Å². The smallest absolute Gasteiger partial charge is 0.171 e. The van der Waals surface area contributed by atoms with Gasteiger partial charge < -0.3 is 15.2 Å². The van der Waals surface area contributed by atoms with Gasteiger partial charge in [-0.1, -0.05) is 19.1 Å². The fraction of sp³-hybridized carbons (Fsp3) is 0.538. The summed E-state index contributed by atoms with van der Waals surface area (Å²) in [6.45, 7) is 5.07. The number of rotatable bonds is 6. The number of ether oxygens (including phenoxy) is 1. The van der Waals surface area contributed by atoms with Crippen molar-refractivity contribution in [3.63, 3.8) is 0 Å². The van der Waals surface area contributed by atoms with Gasteiger partial charge in [0, 0.05) is 5.56 Å². The second-order valence-corrected chi connectivity index (χ2v) is 4.20. The van der Waals surface area contributed by atoms with Crippen LogP contribution >= 0.6 is 0 Å². The number of benzene rings is 1. The lowest BCUT2D eigenvalue weighted by Crippen LogP contribution is -2.28. The first-order valence-electron chi connectivity index (χ1n) is 5.79. The van der Waals surface area contributed by atoms with Crippen molar-refractivity contribution in [2.45, 2.75) is 25.9 Å². The molecule has 0 fully saturated rings. The van der Waals surface area contributed by atoms with Crippen molar-refractivity contribution >= 4 is 0 Å². The lowest BCUT2D eigenvalue weighted by atomic mass is 9.92. The third-order valence-corrected chi connectivity index (χ3v) is 2.80. The van der Waals surface area contributed by atoms with Crippen LogP contribution in [0.1, 0.15) is 25.8 Å². The third kappa shape index (κ3) is 3.41. The molecule has 0 amide bonds. The first-order valence-corrected chi connectivity index (χ1v) is 5.79. The number of halogens is 1. The molecule has 0 spiro atoms. The minimum atomic E-state index is -1.19. The van der Waals surface area contributed by atoms with Crippen molar-refractivity contribution in [2.24, 2.45) is 0 Å². The Balaban J connectivity index is 2.89. The first kappa shape index (κ1) is 13.9. The van der Waals surface area contributed by atoms with Crippen molar-refractivity contribution in [3.05, 3.63) is 29.6 Å². The van der Waals surface area contributed by atoms with Gasteiger partial charge in [-0.15, -0.1) is 0 Å². The van der Waals surface area contributed by atoms with Crippen LogP contribution in [0.2, 0.25) is 0 Å². The highest BCUT2D eigenvalue weighted by Gasteiger charge is 2.27. The molecule has 1 rings (SSSR count). The maximum atomic E-state index is 14.0. The molecule has 1 aromatic rings. The first-order chi connectivity index (χ1) is 8.03. The van der Waals surface area contributed by atoms with Crippen molar-refractivity contribution in [1.29, 1.82) is 0 Å². The molecule has 0 aliphatic carbocycles. The average molecular weight is 241 g/mol. The van der Waals surface area contributed by atoms with Gasteiger partial charge in [0.05, 0.1) is 12.7 Å². The highest BCUT2D eigenvalue weighted by atomic mass is 19.1. The fourth-order valence-corrected chi connectivity index (χ4v) is 1.73. The van der Waals surface area contributed by atoms with Crippen LogP contribution in [0.15, 0.2) is 18.2 Å². The average Bonchev–Trinajstić information content (AvgIpc) is 2.29. The van der Waals surface area contributed by atoms with E-state index in [0.29, 0.717) is 13.0 Å². The van der Waals surface area contributed by atoms with E-state index in [-0.39, 0.29) is 11.3 Å². The summed E-state index contributed by atoms with van der Waals surface area (Å²) in [7, 11) is 1.41. The summed E-state index contributed by atoms with van der Waals surface area (Å²) < 4.78 is 18.9. The van der Waals surface area contributed by atoms with E-state index in [9.17, 15) is 9.50 Å². The van der Waals surface area contributed by atoms with E-state index in [0.717, 1.165) is 6.54 Å². The molecule has 1 atom stereocenters.